The van der Waals surface area contributed by atoms with Gasteiger partial charge in [0, 0.05) is 22.9 Å². The van der Waals surface area contributed by atoms with Crippen LogP contribution in [-0.2, 0) is 4.74 Å². The molecule has 0 unspecified atom stereocenters. The Labute approximate surface area is 113 Å². The van der Waals surface area contributed by atoms with Gasteiger partial charge in [-0.1, -0.05) is 24.3 Å². The third-order valence-corrected chi connectivity index (χ3v) is 4.93. The molecule has 0 spiro atoms. The number of amides is 1. The van der Waals surface area contributed by atoms with Crippen LogP contribution in [0.5, 0.6) is 0 Å². The molecule has 96 valence electrons. The Morgan fingerprint density at radius 1 is 1.05 bits per heavy atom. The Bertz CT molecular complexity index is 695. The summed E-state index contributed by atoms with van der Waals surface area (Å²) < 4.78 is 10.2. The number of benzene rings is 2. The van der Waals surface area contributed by atoms with Crippen LogP contribution in [0.15, 0.2) is 48.5 Å². The molecule has 0 saturated carbocycles. The van der Waals surface area contributed by atoms with Gasteiger partial charge >= 0.3 is 6.09 Å². The molecule has 0 bridgehead atoms. The van der Waals surface area contributed by atoms with Gasteiger partial charge in [0.25, 0.3) is 0 Å². The summed E-state index contributed by atoms with van der Waals surface area (Å²) in [4.78, 5) is 11.7. The molecule has 0 aliphatic rings. The van der Waals surface area contributed by atoms with Crippen LogP contribution in [-0.4, -0.2) is 12.7 Å². The predicted molar refractivity (Wildman–Crippen MR) is 80.3 cm³/mol. The molecular weight excluding hydrogens is 258 g/mol. The van der Waals surface area contributed by atoms with Gasteiger partial charge in [-0.25, -0.2) is 4.79 Å². The van der Waals surface area contributed by atoms with Crippen molar-refractivity contribution in [1.29, 1.82) is 0 Å². The third kappa shape index (κ3) is 2.04. The maximum atomic E-state index is 11.7. The van der Waals surface area contributed by atoms with Crippen LogP contribution in [0, 0.1) is 0 Å². The molecule has 3 nitrogen and oxygen atoms in total. The first-order valence-corrected chi connectivity index (χ1v) is 7.40. The molecule has 0 fully saturated rings. The number of hydrogen-bond donors (Lipinski definition) is 1. The van der Waals surface area contributed by atoms with Crippen molar-refractivity contribution in [1.82, 2.24) is 0 Å². The zero-order valence-electron chi connectivity index (χ0n) is 10.6. The van der Waals surface area contributed by atoms with Crippen molar-refractivity contribution >= 4 is 36.9 Å². The predicted octanol–water partition coefficient (Wildman–Crippen LogP) is 4.44. The van der Waals surface area contributed by atoms with E-state index in [9.17, 15) is 4.79 Å². The van der Waals surface area contributed by atoms with Crippen molar-refractivity contribution in [2.45, 2.75) is 6.92 Å². The summed E-state index contributed by atoms with van der Waals surface area (Å²) in [5.41, 5.74) is 0. The lowest BCUT2D eigenvalue weighted by atomic mass is 10.2. The molecule has 0 saturated heterocycles. The lowest BCUT2D eigenvalue weighted by molar-refractivity contribution is 0.169. The van der Waals surface area contributed by atoms with Gasteiger partial charge < -0.3 is 4.74 Å². The maximum Gasteiger partial charge on any atom is 0.452 e. The average Bonchev–Trinajstić information content (AvgIpc) is 2.75. The van der Waals surface area contributed by atoms with Gasteiger partial charge in [-0.05, 0) is 19.1 Å². The minimum absolute atomic E-state index is 0.364. The first kappa shape index (κ1) is 12.0. The topological polar surface area (TPSA) is 38.3 Å². The molecule has 0 aliphatic heterocycles. The van der Waals surface area contributed by atoms with Gasteiger partial charge in [0.15, 0.2) is 0 Å². The Morgan fingerprint density at radius 3 is 2.11 bits per heavy atom. The first-order chi connectivity index (χ1) is 9.31. The summed E-state index contributed by atoms with van der Waals surface area (Å²) in [5.74, 6) is 0. The van der Waals surface area contributed by atoms with E-state index in [0.29, 0.717) is 6.61 Å². The highest BCUT2D eigenvalue weighted by Gasteiger charge is 2.23. The van der Waals surface area contributed by atoms with Crippen LogP contribution in [0.4, 0.5) is 4.79 Å². The summed E-state index contributed by atoms with van der Waals surface area (Å²) in [6.07, 6.45) is -0.364. The SMILES string of the molecule is CCOC(=O)N[s+]1c2ccccc2c2ccccc21. The molecule has 0 aliphatic carbocycles. The molecule has 0 radical (unpaired) electrons. The van der Waals surface area contributed by atoms with E-state index in [2.05, 4.69) is 29.0 Å². The highest BCUT2D eigenvalue weighted by molar-refractivity contribution is 7.45. The van der Waals surface area contributed by atoms with Gasteiger partial charge in [0.05, 0.1) is 6.61 Å². The minimum atomic E-state index is -0.433. The smallest absolute Gasteiger partial charge is 0.447 e. The molecule has 1 heterocycles. The minimum Gasteiger partial charge on any atom is -0.447 e. The summed E-state index contributed by atoms with van der Waals surface area (Å²) in [5, 5.41) is 2.39. The fourth-order valence-electron chi connectivity index (χ4n) is 2.21. The van der Waals surface area contributed by atoms with E-state index in [-0.39, 0.29) is 6.09 Å². The molecule has 3 aromatic rings. The average molecular weight is 272 g/mol. The molecule has 19 heavy (non-hydrogen) atoms. The maximum absolute atomic E-state index is 11.7. The summed E-state index contributed by atoms with van der Waals surface area (Å²) in [7, 11) is -0.433. The van der Waals surface area contributed by atoms with E-state index >= 15 is 0 Å². The number of rotatable bonds is 2. The van der Waals surface area contributed by atoms with E-state index in [1.165, 1.54) is 10.8 Å². The second-order valence-electron chi connectivity index (χ2n) is 4.12. The van der Waals surface area contributed by atoms with E-state index in [4.69, 9.17) is 4.74 Å². The Kier molecular flexibility index (Phi) is 3.09. The van der Waals surface area contributed by atoms with Crippen molar-refractivity contribution in [3.63, 3.8) is 0 Å². The monoisotopic (exact) mass is 272 g/mol. The van der Waals surface area contributed by atoms with Crippen molar-refractivity contribution in [2.24, 2.45) is 0 Å². The van der Waals surface area contributed by atoms with E-state index in [1.807, 2.05) is 24.3 Å². The number of carbonyl (C=O) groups excluding carboxylic acids is 1. The van der Waals surface area contributed by atoms with E-state index in [0.717, 1.165) is 9.40 Å². The lowest BCUT2D eigenvalue weighted by Crippen LogP contribution is -2.11. The number of hydrogen-bond acceptors (Lipinski definition) is 2. The largest absolute Gasteiger partial charge is 0.452 e. The quantitative estimate of drug-likeness (QED) is 0.700. The number of thiophene rings is 1. The number of nitrogens with one attached hydrogen (secondary N) is 1. The van der Waals surface area contributed by atoms with Crippen LogP contribution >= 0.6 is 10.7 Å². The Morgan fingerprint density at radius 2 is 1.58 bits per heavy atom. The van der Waals surface area contributed by atoms with Crippen LogP contribution < -0.4 is 4.72 Å². The second kappa shape index (κ2) is 4.90. The Balaban J connectivity index is 2.22. The molecule has 4 heteroatoms. The van der Waals surface area contributed by atoms with Gasteiger partial charge in [0.2, 0.25) is 9.40 Å². The summed E-state index contributed by atoms with van der Waals surface area (Å²) in [6.45, 7) is 2.19. The number of carbonyl (C=O) groups is 1. The normalized spacial score (nSPS) is 10.8. The Hall–Kier alpha value is -2.07. The number of fused-ring (bicyclic) bond motifs is 3. The summed E-state index contributed by atoms with van der Waals surface area (Å²) >= 11 is 0. The molecule has 2 aromatic carbocycles. The second-order valence-corrected chi connectivity index (χ2v) is 5.82. The molecule has 1 N–H and O–H groups in total. The first-order valence-electron chi connectivity index (χ1n) is 6.17. The zero-order valence-corrected chi connectivity index (χ0v) is 11.4. The van der Waals surface area contributed by atoms with Crippen LogP contribution in [0.3, 0.4) is 0 Å². The zero-order chi connectivity index (χ0) is 13.2. The van der Waals surface area contributed by atoms with E-state index < -0.39 is 10.7 Å². The molecule has 3 rings (SSSR count). The number of ether oxygens (including phenoxy) is 1. The standard InChI is InChI=1S/C15H13NO2S/c1-2-18-15(17)16-19-13-9-5-3-7-11(13)12-8-4-6-10-14(12)19/h3-10H,2H2,1H3/p+1. The van der Waals surface area contributed by atoms with E-state index in [1.54, 1.807) is 6.92 Å². The van der Waals surface area contributed by atoms with Crippen LogP contribution in [0.2, 0.25) is 0 Å². The fraction of sp³-hybridized carbons (Fsp3) is 0.133. The van der Waals surface area contributed by atoms with Gasteiger partial charge in [-0.2, -0.15) is 0 Å². The van der Waals surface area contributed by atoms with Crippen molar-refractivity contribution in [2.75, 3.05) is 11.3 Å². The van der Waals surface area contributed by atoms with Gasteiger partial charge in [-0.3, -0.25) is 0 Å². The lowest BCUT2D eigenvalue weighted by Gasteiger charge is -1.97. The van der Waals surface area contributed by atoms with Crippen molar-refractivity contribution in [3.05, 3.63) is 48.5 Å². The highest BCUT2D eigenvalue weighted by atomic mass is 32.2. The van der Waals surface area contributed by atoms with Gasteiger partial charge in [0.1, 0.15) is 10.7 Å². The molecule has 1 aromatic heterocycles. The van der Waals surface area contributed by atoms with Crippen molar-refractivity contribution < 1.29 is 9.53 Å². The molecular formula is C15H14NO2S+. The highest BCUT2D eigenvalue weighted by Crippen LogP contribution is 2.40. The van der Waals surface area contributed by atoms with Gasteiger partial charge in [-0.15, -0.1) is 4.72 Å². The summed E-state index contributed by atoms with van der Waals surface area (Å²) in [6, 6.07) is 16.3. The molecule has 0 atom stereocenters. The van der Waals surface area contributed by atoms with Crippen molar-refractivity contribution in [3.8, 4) is 0 Å². The van der Waals surface area contributed by atoms with Crippen LogP contribution in [0.1, 0.15) is 6.92 Å². The molecule has 1 amide bonds. The van der Waals surface area contributed by atoms with Crippen LogP contribution in [0.25, 0.3) is 20.2 Å². The fourth-order valence-corrected chi connectivity index (χ4v) is 4.11. The third-order valence-electron chi connectivity index (χ3n) is 2.96.